The Kier molecular flexibility index (Phi) is 6.46. The van der Waals surface area contributed by atoms with E-state index in [2.05, 4.69) is 159 Å². The van der Waals surface area contributed by atoms with E-state index >= 15 is 0 Å². The van der Waals surface area contributed by atoms with E-state index in [9.17, 15) is 0 Å². The summed E-state index contributed by atoms with van der Waals surface area (Å²) in [5, 5.41) is 8.40. The minimum Gasteiger partial charge on any atom is -0.308 e. The number of nitrogens with zero attached hydrogens (tertiary/aromatic N) is 2. The molecular weight excluding hydrogens is 653 g/mol. The van der Waals surface area contributed by atoms with Crippen LogP contribution >= 0.6 is 22.7 Å². The van der Waals surface area contributed by atoms with Gasteiger partial charge in [-0.3, -0.25) is 0 Å². The quantitative estimate of drug-likeness (QED) is 0.163. The molecule has 0 aliphatic heterocycles. The zero-order chi connectivity index (χ0) is 33.3. The Morgan fingerprint density at radius 3 is 1.17 bits per heavy atom. The van der Waals surface area contributed by atoms with Crippen molar-refractivity contribution in [3.05, 3.63) is 108 Å². The second-order valence-electron chi connectivity index (χ2n) is 15.7. The van der Waals surface area contributed by atoms with E-state index in [1.165, 1.54) is 95.3 Å². The normalized spacial score (nSPS) is 13.0. The highest BCUT2D eigenvalue weighted by Crippen LogP contribution is 2.47. The van der Waals surface area contributed by atoms with Crippen molar-refractivity contribution >= 4 is 112 Å². The van der Waals surface area contributed by atoms with Crippen molar-refractivity contribution in [3.8, 4) is 11.4 Å². The lowest BCUT2D eigenvalue weighted by atomic mass is 10.1. The lowest BCUT2D eigenvalue weighted by Gasteiger charge is -2.16. The minimum absolute atomic E-state index is 1.22. The van der Waals surface area contributed by atoms with E-state index in [1.807, 2.05) is 22.7 Å². The van der Waals surface area contributed by atoms with Crippen LogP contribution in [-0.4, -0.2) is 25.3 Å². The fourth-order valence-corrected chi connectivity index (χ4v) is 12.4. The average molecular weight is 693 g/mol. The second kappa shape index (κ2) is 10.3. The van der Waals surface area contributed by atoms with Crippen molar-refractivity contribution in [2.75, 3.05) is 0 Å². The Morgan fingerprint density at radius 1 is 0.438 bits per heavy atom. The molecule has 9 rings (SSSR count). The summed E-state index contributed by atoms with van der Waals surface area (Å²) in [6.45, 7) is 19.0. The van der Waals surface area contributed by atoms with Crippen LogP contribution in [0.1, 0.15) is 11.1 Å². The molecule has 0 fully saturated rings. The Bertz CT molecular complexity index is 2550. The summed E-state index contributed by atoms with van der Waals surface area (Å²) in [5.74, 6) is 0. The standard InChI is InChI=1S/C42H40N2S2Si2/c1-25-9-13-27(14-10-25)43-35-23-34-36(24-33(35)41-39(43)31-19-17-29(47(3,4)5)21-37(31)45-41)44(28-15-11-26(2)12-16-28)40-32-20-18-30(48(6,7)8)22-38(32)46-42(34)40/h9-24H,1-8H3. The third-order valence-electron chi connectivity index (χ3n) is 10.2. The van der Waals surface area contributed by atoms with Crippen molar-refractivity contribution in [2.45, 2.75) is 53.1 Å². The summed E-state index contributed by atoms with van der Waals surface area (Å²) in [5.41, 5.74) is 10.2. The molecule has 0 saturated carbocycles. The molecule has 4 heterocycles. The van der Waals surface area contributed by atoms with Gasteiger partial charge in [-0.05, 0) is 62.4 Å². The monoisotopic (exact) mass is 692 g/mol. The van der Waals surface area contributed by atoms with Gasteiger partial charge in [0.15, 0.2) is 0 Å². The Balaban J connectivity index is 1.45. The number of thiophene rings is 2. The van der Waals surface area contributed by atoms with Crippen molar-refractivity contribution in [1.29, 1.82) is 0 Å². The predicted octanol–water partition coefficient (Wildman–Crippen LogP) is 12.0. The molecule has 9 aromatic rings. The first-order valence-electron chi connectivity index (χ1n) is 16.9. The van der Waals surface area contributed by atoms with Crippen LogP contribution in [0, 0.1) is 13.8 Å². The summed E-state index contributed by atoms with van der Waals surface area (Å²) in [7, 11) is -2.90. The molecule has 5 aromatic carbocycles. The van der Waals surface area contributed by atoms with Gasteiger partial charge in [-0.15, -0.1) is 22.7 Å². The van der Waals surface area contributed by atoms with E-state index < -0.39 is 16.1 Å². The third-order valence-corrected chi connectivity index (χ3v) is 16.6. The first-order chi connectivity index (χ1) is 22.9. The number of aromatic nitrogens is 2. The van der Waals surface area contributed by atoms with E-state index in [-0.39, 0.29) is 0 Å². The van der Waals surface area contributed by atoms with Crippen LogP contribution in [0.3, 0.4) is 0 Å². The highest BCUT2D eigenvalue weighted by atomic mass is 32.1. The van der Waals surface area contributed by atoms with Crippen LogP contribution < -0.4 is 10.4 Å². The van der Waals surface area contributed by atoms with Crippen LogP contribution in [0.2, 0.25) is 39.3 Å². The Morgan fingerprint density at radius 2 is 0.812 bits per heavy atom. The summed E-state index contributed by atoms with van der Waals surface area (Å²) in [6, 6.07) is 37.7. The van der Waals surface area contributed by atoms with E-state index in [0.29, 0.717) is 0 Å². The van der Waals surface area contributed by atoms with Gasteiger partial charge in [-0.2, -0.15) is 0 Å². The van der Waals surface area contributed by atoms with E-state index in [4.69, 9.17) is 0 Å². The zero-order valence-corrected chi connectivity index (χ0v) is 32.6. The molecule has 6 heteroatoms. The maximum atomic E-state index is 2.54. The number of aryl methyl sites for hydroxylation is 2. The van der Waals surface area contributed by atoms with Crippen LogP contribution in [0.25, 0.3) is 73.8 Å². The molecule has 0 N–H and O–H groups in total. The molecule has 0 radical (unpaired) electrons. The second-order valence-corrected chi connectivity index (χ2v) is 28.0. The number of hydrogen-bond donors (Lipinski definition) is 0. The molecule has 0 spiro atoms. The van der Waals surface area contributed by atoms with Gasteiger partial charge < -0.3 is 9.13 Å². The van der Waals surface area contributed by atoms with Gasteiger partial charge in [0.25, 0.3) is 0 Å². The van der Waals surface area contributed by atoms with Crippen LogP contribution in [0.4, 0.5) is 0 Å². The number of fused-ring (bicyclic) bond motifs is 10. The van der Waals surface area contributed by atoms with Crippen LogP contribution in [0.15, 0.2) is 97.1 Å². The molecular formula is C42H40N2S2Si2. The van der Waals surface area contributed by atoms with Crippen LogP contribution in [0.5, 0.6) is 0 Å². The first-order valence-corrected chi connectivity index (χ1v) is 25.6. The molecule has 0 saturated heterocycles. The molecule has 0 unspecified atom stereocenters. The molecule has 48 heavy (non-hydrogen) atoms. The highest BCUT2D eigenvalue weighted by Gasteiger charge is 2.25. The first kappa shape index (κ1) is 30.1. The fraction of sp³-hybridized carbons (Fsp3) is 0.190. The molecule has 2 nitrogen and oxygen atoms in total. The highest BCUT2D eigenvalue weighted by molar-refractivity contribution is 7.27. The molecule has 0 amide bonds. The van der Waals surface area contributed by atoms with E-state index in [1.54, 1.807) is 0 Å². The number of hydrogen-bond acceptors (Lipinski definition) is 2. The third kappa shape index (κ3) is 4.46. The molecule has 0 atom stereocenters. The lowest BCUT2D eigenvalue weighted by Crippen LogP contribution is -2.37. The fourth-order valence-electron chi connectivity index (χ4n) is 7.38. The SMILES string of the molecule is Cc1ccc(-n2c3cc4c5sc6cc([Si](C)(C)C)ccc6c5n(-c5ccc(C)cc5)c4cc3c3sc4cc([Si](C)(C)C)ccc4c32)cc1. The molecule has 0 aliphatic carbocycles. The average Bonchev–Trinajstić information content (AvgIpc) is 3.76. The van der Waals surface area contributed by atoms with Crippen LogP contribution in [-0.2, 0) is 0 Å². The maximum Gasteiger partial charge on any atom is 0.0776 e. The molecule has 0 aliphatic rings. The van der Waals surface area contributed by atoms with Crippen molar-refractivity contribution in [2.24, 2.45) is 0 Å². The van der Waals surface area contributed by atoms with Gasteiger partial charge >= 0.3 is 0 Å². The molecule has 238 valence electrons. The largest absolute Gasteiger partial charge is 0.308 e. The Hall–Kier alpha value is -3.95. The summed E-state index contributed by atoms with van der Waals surface area (Å²) >= 11 is 3.93. The minimum atomic E-state index is -1.45. The number of benzene rings is 5. The molecule has 0 bridgehead atoms. The predicted molar refractivity (Wildman–Crippen MR) is 221 cm³/mol. The summed E-state index contributed by atoms with van der Waals surface area (Å²) in [4.78, 5) is 0. The van der Waals surface area contributed by atoms with Crippen molar-refractivity contribution in [1.82, 2.24) is 9.13 Å². The van der Waals surface area contributed by atoms with E-state index in [0.717, 1.165) is 0 Å². The zero-order valence-electron chi connectivity index (χ0n) is 28.9. The van der Waals surface area contributed by atoms with Gasteiger partial charge in [0.1, 0.15) is 0 Å². The van der Waals surface area contributed by atoms with Gasteiger partial charge in [0.2, 0.25) is 0 Å². The van der Waals surface area contributed by atoms with Crippen molar-refractivity contribution < 1.29 is 0 Å². The van der Waals surface area contributed by atoms with Gasteiger partial charge in [0.05, 0.1) is 47.6 Å². The molecule has 4 aromatic heterocycles. The maximum absolute atomic E-state index is 2.54. The van der Waals surface area contributed by atoms with Gasteiger partial charge in [0, 0.05) is 42.3 Å². The van der Waals surface area contributed by atoms with Crippen molar-refractivity contribution in [3.63, 3.8) is 0 Å². The topological polar surface area (TPSA) is 9.86 Å². The van der Waals surface area contributed by atoms with Gasteiger partial charge in [-0.25, -0.2) is 0 Å². The summed E-state index contributed by atoms with van der Waals surface area (Å²) < 4.78 is 10.6. The van der Waals surface area contributed by atoms with Gasteiger partial charge in [-0.1, -0.05) is 109 Å². The Labute approximate surface area is 291 Å². The number of rotatable bonds is 4. The summed E-state index contributed by atoms with van der Waals surface area (Å²) in [6.07, 6.45) is 0. The smallest absolute Gasteiger partial charge is 0.0776 e. The lowest BCUT2D eigenvalue weighted by molar-refractivity contribution is 1.18.